The molecule has 0 aliphatic carbocycles. The molecule has 1 aromatic rings. The highest BCUT2D eigenvalue weighted by Crippen LogP contribution is 2.08. The van der Waals surface area contributed by atoms with Crippen molar-refractivity contribution in [3.05, 3.63) is 24.3 Å². The molecule has 0 fully saturated rings. The molecule has 2 nitrogen and oxygen atoms in total. The smallest absolute Gasteiger partial charge is 0.308 e. The molecule has 0 spiro atoms. The number of carbonyl (C=O) groups is 1. The highest BCUT2D eigenvalue weighted by molar-refractivity contribution is 7.27. The van der Waals surface area contributed by atoms with E-state index in [1.54, 1.807) is 12.1 Å². The normalized spacial score (nSPS) is 9.27. The third-order valence-electron chi connectivity index (χ3n) is 1.12. The summed E-state index contributed by atoms with van der Waals surface area (Å²) in [6.45, 7) is 1.38. The number of esters is 1. The van der Waals surface area contributed by atoms with Crippen molar-refractivity contribution in [3.8, 4) is 5.75 Å². The van der Waals surface area contributed by atoms with Gasteiger partial charge in [0, 0.05) is 6.92 Å². The Morgan fingerprint density at radius 3 is 2.82 bits per heavy atom. The van der Waals surface area contributed by atoms with Crippen molar-refractivity contribution in [2.45, 2.75) is 6.92 Å². The van der Waals surface area contributed by atoms with E-state index in [2.05, 4.69) is 9.24 Å². The fourth-order valence-corrected chi connectivity index (χ4v) is 1.02. The Kier molecular flexibility index (Phi) is 2.61. The van der Waals surface area contributed by atoms with E-state index < -0.39 is 0 Å². The molecule has 0 aromatic heterocycles. The monoisotopic (exact) mass is 168 g/mol. The van der Waals surface area contributed by atoms with Crippen LogP contribution in [0, 0.1) is 0 Å². The Morgan fingerprint density at radius 2 is 2.27 bits per heavy atom. The largest absolute Gasteiger partial charge is 0.427 e. The fourth-order valence-electron chi connectivity index (χ4n) is 0.744. The summed E-state index contributed by atoms with van der Waals surface area (Å²) >= 11 is 0. The number of rotatable bonds is 1. The average molecular weight is 168 g/mol. The molecule has 0 saturated heterocycles. The Labute approximate surface area is 67.8 Å². The minimum atomic E-state index is -0.291. The van der Waals surface area contributed by atoms with Crippen molar-refractivity contribution >= 4 is 20.5 Å². The zero-order valence-electron chi connectivity index (χ0n) is 6.20. The number of hydrogen-bond acceptors (Lipinski definition) is 2. The van der Waals surface area contributed by atoms with Crippen LogP contribution < -0.4 is 10.0 Å². The van der Waals surface area contributed by atoms with Crippen LogP contribution >= 0.6 is 9.24 Å². The summed E-state index contributed by atoms with van der Waals surface area (Å²) in [5, 5.41) is 1.00. The number of carbonyl (C=O) groups excluding carboxylic acids is 1. The first-order valence-corrected chi connectivity index (χ1v) is 3.80. The van der Waals surface area contributed by atoms with Crippen molar-refractivity contribution in [1.82, 2.24) is 0 Å². The highest BCUT2D eigenvalue weighted by atomic mass is 31.0. The van der Waals surface area contributed by atoms with E-state index >= 15 is 0 Å². The lowest BCUT2D eigenvalue weighted by atomic mass is 10.3. The van der Waals surface area contributed by atoms with Crippen LogP contribution in [-0.4, -0.2) is 5.97 Å². The van der Waals surface area contributed by atoms with Gasteiger partial charge in [0.15, 0.2) is 0 Å². The van der Waals surface area contributed by atoms with E-state index in [1.807, 2.05) is 12.1 Å². The molecule has 0 radical (unpaired) electrons. The van der Waals surface area contributed by atoms with Gasteiger partial charge in [-0.25, -0.2) is 0 Å². The van der Waals surface area contributed by atoms with Gasteiger partial charge in [-0.2, -0.15) is 0 Å². The van der Waals surface area contributed by atoms with Gasteiger partial charge in [-0.1, -0.05) is 12.1 Å². The maximum atomic E-state index is 10.5. The van der Waals surface area contributed by atoms with Crippen LogP contribution in [0.5, 0.6) is 5.75 Å². The van der Waals surface area contributed by atoms with Gasteiger partial charge in [0.1, 0.15) is 5.75 Å². The van der Waals surface area contributed by atoms with Crippen LogP contribution in [0.3, 0.4) is 0 Å². The van der Waals surface area contributed by atoms with E-state index in [1.165, 1.54) is 6.92 Å². The molecular weight excluding hydrogens is 159 g/mol. The second-order valence-corrected chi connectivity index (χ2v) is 2.83. The maximum absolute atomic E-state index is 10.5. The van der Waals surface area contributed by atoms with Crippen LogP contribution in [0.4, 0.5) is 0 Å². The van der Waals surface area contributed by atoms with Crippen molar-refractivity contribution in [1.29, 1.82) is 0 Å². The third kappa shape index (κ3) is 2.69. The van der Waals surface area contributed by atoms with Crippen molar-refractivity contribution in [2.75, 3.05) is 0 Å². The minimum Gasteiger partial charge on any atom is -0.427 e. The molecule has 0 bridgehead atoms. The molecule has 0 saturated carbocycles. The Morgan fingerprint density at radius 1 is 1.55 bits per heavy atom. The van der Waals surface area contributed by atoms with Crippen LogP contribution in [0.15, 0.2) is 24.3 Å². The lowest BCUT2D eigenvalue weighted by molar-refractivity contribution is -0.131. The standard InChI is InChI=1S/C8H9O2P/c1-6(9)10-7-3-2-4-8(11)5-7/h2-5H,11H2,1H3. The molecule has 0 amide bonds. The molecular formula is C8H9O2P. The zero-order chi connectivity index (χ0) is 8.27. The molecule has 1 rings (SSSR count). The van der Waals surface area contributed by atoms with E-state index in [9.17, 15) is 4.79 Å². The molecule has 0 aliphatic rings. The third-order valence-corrected chi connectivity index (χ3v) is 1.48. The van der Waals surface area contributed by atoms with Gasteiger partial charge in [0.25, 0.3) is 0 Å². The van der Waals surface area contributed by atoms with Gasteiger partial charge in [-0.05, 0) is 17.4 Å². The van der Waals surface area contributed by atoms with E-state index in [4.69, 9.17) is 4.74 Å². The van der Waals surface area contributed by atoms with Gasteiger partial charge < -0.3 is 4.74 Å². The van der Waals surface area contributed by atoms with Gasteiger partial charge in [0.05, 0.1) is 0 Å². The quantitative estimate of drug-likeness (QED) is 0.356. The molecule has 0 N–H and O–H groups in total. The van der Waals surface area contributed by atoms with Crippen LogP contribution in [0.25, 0.3) is 0 Å². The topological polar surface area (TPSA) is 26.3 Å². The second-order valence-electron chi connectivity index (χ2n) is 2.17. The Hall–Kier alpha value is -0.880. The van der Waals surface area contributed by atoms with Crippen LogP contribution in [0.2, 0.25) is 0 Å². The molecule has 1 unspecified atom stereocenters. The van der Waals surface area contributed by atoms with Gasteiger partial charge in [-0.15, -0.1) is 9.24 Å². The predicted molar refractivity (Wildman–Crippen MR) is 47.1 cm³/mol. The first-order valence-electron chi connectivity index (χ1n) is 3.22. The summed E-state index contributed by atoms with van der Waals surface area (Å²) in [6, 6.07) is 7.28. The Bertz CT molecular complexity index is 271. The summed E-state index contributed by atoms with van der Waals surface area (Å²) in [6.07, 6.45) is 0. The summed E-state index contributed by atoms with van der Waals surface area (Å²) in [4.78, 5) is 10.5. The number of ether oxygens (including phenoxy) is 1. The fraction of sp³-hybridized carbons (Fsp3) is 0.125. The molecule has 0 heterocycles. The second kappa shape index (κ2) is 3.49. The molecule has 1 aromatic carbocycles. The maximum Gasteiger partial charge on any atom is 0.308 e. The van der Waals surface area contributed by atoms with E-state index in [-0.39, 0.29) is 5.97 Å². The lowest BCUT2D eigenvalue weighted by Gasteiger charge is -2.00. The first-order chi connectivity index (χ1) is 5.18. The SMILES string of the molecule is CC(=O)Oc1cccc(P)c1. The van der Waals surface area contributed by atoms with Gasteiger partial charge in [0.2, 0.25) is 0 Å². The zero-order valence-corrected chi connectivity index (χ0v) is 7.36. The molecule has 0 aliphatic heterocycles. The van der Waals surface area contributed by atoms with E-state index in [0.29, 0.717) is 5.75 Å². The molecule has 3 heteroatoms. The molecule has 1 atom stereocenters. The van der Waals surface area contributed by atoms with E-state index in [0.717, 1.165) is 5.30 Å². The van der Waals surface area contributed by atoms with Gasteiger partial charge in [-0.3, -0.25) is 4.79 Å². The summed E-state index contributed by atoms with van der Waals surface area (Å²) < 4.78 is 4.84. The lowest BCUT2D eigenvalue weighted by Crippen LogP contribution is -2.02. The summed E-state index contributed by atoms with van der Waals surface area (Å²) in [5.74, 6) is 0.297. The molecule has 11 heavy (non-hydrogen) atoms. The Balaban J connectivity index is 2.79. The minimum absolute atomic E-state index is 0.291. The number of benzene rings is 1. The summed E-state index contributed by atoms with van der Waals surface area (Å²) in [7, 11) is 2.53. The average Bonchev–Trinajstić information content (AvgIpc) is 1.85. The van der Waals surface area contributed by atoms with Crippen LogP contribution in [0.1, 0.15) is 6.92 Å². The predicted octanol–water partition coefficient (Wildman–Crippen LogP) is 1.11. The summed E-state index contributed by atoms with van der Waals surface area (Å²) in [5.41, 5.74) is 0. The first kappa shape index (κ1) is 8.22. The van der Waals surface area contributed by atoms with Crippen molar-refractivity contribution in [3.63, 3.8) is 0 Å². The van der Waals surface area contributed by atoms with Crippen molar-refractivity contribution < 1.29 is 9.53 Å². The molecule has 58 valence electrons. The highest BCUT2D eigenvalue weighted by Gasteiger charge is 1.95. The van der Waals surface area contributed by atoms with Crippen molar-refractivity contribution in [2.24, 2.45) is 0 Å². The van der Waals surface area contributed by atoms with Crippen LogP contribution in [-0.2, 0) is 4.79 Å². The number of hydrogen-bond donors (Lipinski definition) is 0. The van der Waals surface area contributed by atoms with Gasteiger partial charge >= 0.3 is 5.97 Å².